The number of H-pyrrole nitrogens is 2. The molecule has 240 valence electrons. The van der Waals surface area contributed by atoms with Crippen LogP contribution in [0, 0.1) is 11.6 Å². The first-order chi connectivity index (χ1) is 22.4. The highest BCUT2D eigenvalue weighted by Gasteiger charge is 2.38. The number of sulfonamides is 2. The van der Waals surface area contributed by atoms with Crippen LogP contribution in [0.2, 0.25) is 0 Å². The lowest BCUT2D eigenvalue weighted by Gasteiger charge is -2.05. The molecule has 0 saturated heterocycles. The van der Waals surface area contributed by atoms with Crippen molar-refractivity contribution < 1.29 is 44.0 Å². The van der Waals surface area contributed by atoms with Gasteiger partial charge in [-0.25, -0.2) is 18.4 Å². The van der Waals surface area contributed by atoms with Crippen molar-refractivity contribution in [3.8, 4) is 11.4 Å². The highest BCUT2D eigenvalue weighted by atomic mass is 32.2. The van der Waals surface area contributed by atoms with E-state index in [9.17, 15) is 35.2 Å². The molecule has 4 N–H and O–H groups in total. The Balaban J connectivity index is 1.20. The van der Waals surface area contributed by atoms with Gasteiger partial charge in [-0.1, -0.05) is 48.5 Å². The first kappa shape index (κ1) is 31.1. The molecule has 14 nitrogen and oxygen atoms in total. The molecule has 0 aliphatic heterocycles. The summed E-state index contributed by atoms with van der Waals surface area (Å²) in [7, 11) is -9.14. The second-order valence-corrected chi connectivity index (χ2v) is 13.1. The van der Waals surface area contributed by atoms with Crippen LogP contribution in [0.1, 0.15) is 11.1 Å². The van der Waals surface area contributed by atoms with Crippen molar-refractivity contribution in [1.29, 1.82) is 0 Å². The molecule has 0 bridgehead atoms. The van der Waals surface area contributed by atoms with E-state index < -0.39 is 53.0 Å². The zero-order valence-electron chi connectivity index (χ0n) is 23.7. The third-order valence-corrected chi connectivity index (χ3v) is 9.45. The van der Waals surface area contributed by atoms with Crippen LogP contribution in [-0.4, -0.2) is 27.4 Å². The quantitative estimate of drug-likeness (QED) is 0.158. The van der Waals surface area contributed by atoms with Gasteiger partial charge in [0.2, 0.25) is 11.4 Å². The number of anilines is 2. The fourth-order valence-corrected chi connectivity index (χ4v) is 6.95. The fraction of sp³-hybridized carbons (Fsp3) is 0.0345. The van der Waals surface area contributed by atoms with Crippen LogP contribution in [0.5, 0.6) is 0 Å². The lowest BCUT2D eigenvalue weighted by atomic mass is 10.0. The Kier molecular flexibility index (Phi) is 8.04. The predicted octanol–water partition coefficient (Wildman–Crippen LogP) is 2.27. The molecule has 0 radical (unpaired) electrons. The summed E-state index contributed by atoms with van der Waals surface area (Å²) >= 11 is 0. The summed E-state index contributed by atoms with van der Waals surface area (Å²) < 4.78 is 95.4. The first-order valence-corrected chi connectivity index (χ1v) is 16.4. The van der Waals surface area contributed by atoms with Crippen molar-refractivity contribution in [2.45, 2.75) is 16.5 Å². The fourth-order valence-electron chi connectivity index (χ4n) is 4.56. The Morgan fingerprint density at radius 1 is 0.574 bits per heavy atom. The molecule has 0 unspecified atom stereocenters. The lowest BCUT2D eigenvalue weighted by molar-refractivity contribution is -0.705. The zero-order valence-corrected chi connectivity index (χ0v) is 25.3. The number of aromatic amines is 2. The molecule has 0 aliphatic rings. The summed E-state index contributed by atoms with van der Waals surface area (Å²) in [6.07, 6.45) is 0.375. The van der Waals surface area contributed by atoms with E-state index in [2.05, 4.69) is 10.5 Å². The summed E-state index contributed by atoms with van der Waals surface area (Å²) in [5.41, 5.74) is -1.12. The lowest BCUT2D eigenvalue weighted by Crippen LogP contribution is -2.42. The van der Waals surface area contributed by atoms with Crippen LogP contribution in [0.15, 0.2) is 126 Å². The molecule has 0 fully saturated rings. The van der Waals surface area contributed by atoms with E-state index >= 15 is 0 Å². The Morgan fingerprint density at radius 3 is 1.30 bits per heavy atom. The Bertz CT molecular complexity index is 2270. The molecule has 0 aliphatic carbocycles. The Labute approximate surface area is 263 Å². The Morgan fingerprint density at radius 2 is 0.936 bits per heavy atom. The molecular weight excluding hydrogens is 662 g/mol. The van der Waals surface area contributed by atoms with E-state index in [0.29, 0.717) is 6.42 Å². The van der Waals surface area contributed by atoms with E-state index in [1.54, 1.807) is 24.3 Å². The summed E-state index contributed by atoms with van der Waals surface area (Å²) in [4.78, 5) is 24.7. The number of hydrogen-bond acceptors (Lipinski definition) is 8. The SMILES string of the molecule is O=c1o[nH][n+](-c2ccc(Cc3ccc(-[n+]4[nH]oc(=O)c4S(=O)(=O)Nc4ccccc4F)cc3)cc2)c1S(=O)(=O)Nc1ccccc1F. The number of rotatable bonds is 10. The highest BCUT2D eigenvalue weighted by Crippen LogP contribution is 2.19. The van der Waals surface area contributed by atoms with Crippen molar-refractivity contribution in [2.75, 3.05) is 9.44 Å². The second kappa shape index (κ2) is 12.1. The van der Waals surface area contributed by atoms with Gasteiger partial charge in [0.25, 0.3) is 0 Å². The number of para-hydroxylation sites is 2. The molecule has 4 aromatic carbocycles. The molecule has 47 heavy (non-hydrogen) atoms. The number of hydrogen-bond donors (Lipinski definition) is 4. The van der Waals surface area contributed by atoms with E-state index in [0.717, 1.165) is 32.6 Å². The minimum absolute atomic E-state index is 0.224. The maximum atomic E-state index is 14.1. The van der Waals surface area contributed by atoms with Gasteiger partial charge in [0.05, 0.1) is 11.4 Å². The van der Waals surface area contributed by atoms with E-state index in [1.807, 2.05) is 9.44 Å². The highest BCUT2D eigenvalue weighted by molar-refractivity contribution is 7.92. The van der Waals surface area contributed by atoms with Gasteiger partial charge in [-0.3, -0.25) is 18.5 Å². The van der Waals surface area contributed by atoms with Crippen molar-refractivity contribution in [3.63, 3.8) is 0 Å². The van der Waals surface area contributed by atoms with E-state index in [4.69, 9.17) is 9.05 Å². The molecule has 2 aromatic heterocycles. The number of halogens is 2. The minimum Gasteiger partial charge on any atom is -0.281 e. The van der Waals surface area contributed by atoms with E-state index in [1.165, 1.54) is 60.7 Å². The third-order valence-electron chi connectivity index (χ3n) is 6.76. The summed E-state index contributed by atoms with van der Waals surface area (Å²) in [6.45, 7) is 0. The Hall–Kier alpha value is -5.88. The van der Waals surface area contributed by atoms with Crippen LogP contribution < -0.4 is 30.1 Å². The third kappa shape index (κ3) is 6.31. The summed E-state index contributed by atoms with van der Waals surface area (Å²) in [5.74, 6) is -1.67. The molecule has 18 heteroatoms. The van der Waals surface area contributed by atoms with Crippen LogP contribution in [0.3, 0.4) is 0 Å². The maximum Gasteiger partial charge on any atom is 0.449 e. The smallest absolute Gasteiger partial charge is 0.281 e. The normalized spacial score (nSPS) is 11.8. The van der Waals surface area contributed by atoms with Crippen molar-refractivity contribution in [3.05, 3.63) is 141 Å². The van der Waals surface area contributed by atoms with Crippen LogP contribution in [-0.2, 0) is 26.5 Å². The molecule has 6 rings (SSSR count). The number of nitrogens with one attached hydrogen (secondary N) is 4. The van der Waals surface area contributed by atoms with Crippen molar-refractivity contribution in [1.82, 2.24) is 10.5 Å². The van der Waals surface area contributed by atoms with Crippen molar-refractivity contribution >= 4 is 31.4 Å². The van der Waals surface area contributed by atoms with Gasteiger partial charge in [0.15, 0.2) is 0 Å². The van der Waals surface area contributed by atoms with Gasteiger partial charge in [-0.15, -0.1) is 0 Å². The molecule has 0 amide bonds. The van der Waals surface area contributed by atoms with Gasteiger partial charge in [0, 0.05) is 24.3 Å². The van der Waals surface area contributed by atoms with Gasteiger partial charge in [0.1, 0.15) is 11.6 Å². The van der Waals surface area contributed by atoms with Gasteiger partial charge < -0.3 is 0 Å². The average molecular weight is 685 g/mol. The number of nitrogens with zero attached hydrogens (tertiary/aromatic N) is 2. The molecule has 2 heterocycles. The van der Waals surface area contributed by atoms with Crippen LogP contribution in [0.25, 0.3) is 11.4 Å². The van der Waals surface area contributed by atoms with Crippen LogP contribution in [0.4, 0.5) is 20.2 Å². The van der Waals surface area contributed by atoms with Gasteiger partial charge >= 0.3 is 41.3 Å². The zero-order chi connectivity index (χ0) is 33.3. The van der Waals surface area contributed by atoms with E-state index in [-0.39, 0.29) is 22.7 Å². The molecule has 6 aromatic rings. The predicted molar refractivity (Wildman–Crippen MR) is 159 cm³/mol. The standard InChI is InChI=1S/C29H20F2N6O8S2/c30-22-5-1-3-7-24(22)32-46(40,41)26-28(38)44-34-36(26)20-13-9-18(10-14-20)17-19-11-15-21(16-12-19)37-27(29(39)45-35-37)47(42,43)33-25-8-4-2-6-23(25)31/h1-16,32-33H,17H2/p+2. The molecule has 0 spiro atoms. The molecule has 0 atom stereocenters. The first-order valence-electron chi connectivity index (χ1n) is 13.4. The van der Waals surface area contributed by atoms with Crippen LogP contribution >= 0.6 is 0 Å². The average Bonchev–Trinajstić information content (AvgIpc) is 3.63. The maximum absolute atomic E-state index is 14.1. The molecule has 0 saturated carbocycles. The summed E-state index contributed by atoms with van der Waals surface area (Å²) in [5, 5.41) is 2.87. The van der Waals surface area contributed by atoms with Gasteiger partial charge in [-0.2, -0.15) is 16.8 Å². The topological polar surface area (TPSA) is 192 Å². The van der Waals surface area contributed by atoms with Crippen molar-refractivity contribution in [2.24, 2.45) is 0 Å². The minimum atomic E-state index is -4.57. The monoisotopic (exact) mass is 684 g/mol. The largest absolute Gasteiger partial charge is 0.449 e. The van der Waals surface area contributed by atoms with Gasteiger partial charge in [-0.05, 0) is 61.7 Å². The number of benzene rings is 4. The molecular formula is C29H22F2N6O8S2+2. The summed E-state index contributed by atoms with van der Waals surface area (Å²) in [6, 6.07) is 22.9. The second-order valence-electron chi connectivity index (χ2n) is 9.92. The number of aromatic nitrogens is 4.